The number of hydrogen-bond acceptors (Lipinski definition) is 6. The third kappa shape index (κ3) is 4.94. The van der Waals surface area contributed by atoms with E-state index in [9.17, 15) is 14.3 Å². The number of pyridine rings is 2. The number of carbonyl (C=O) groups excluding carboxylic acids is 1. The number of aromatic nitrogens is 2. The highest BCUT2D eigenvalue weighted by Crippen LogP contribution is 2.34. The van der Waals surface area contributed by atoms with Crippen molar-refractivity contribution >= 4 is 34.1 Å². The Balaban J connectivity index is 1.67. The van der Waals surface area contributed by atoms with Gasteiger partial charge in [-0.3, -0.25) is 9.78 Å². The predicted octanol–water partition coefficient (Wildman–Crippen LogP) is 5.53. The molecule has 0 aliphatic heterocycles. The first-order valence-corrected chi connectivity index (χ1v) is 11.5. The number of rotatable bonds is 6. The molecule has 0 bridgehead atoms. The van der Waals surface area contributed by atoms with Crippen LogP contribution in [0, 0.1) is 11.7 Å². The molecule has 0 radical (unpaired) electrons. The van der Waals surface area contributed by atoms with Crippen molar-refractivity contribution in [3.8, 4) is 17.0 Å². The highest BCUT2D eigenvalue weighted by Gasteiger charge is 2.23. The maximum Gasteiger partial charge on any atom is 0.170 e. The molecule has 6 nitrogen and oxygen atoms in total. The first-order chi connectivity index (χ1) is 15.7. The Morgan fingerprint density at radius 3 is 2.61 bits per heavy atom. The molecule has 1 aliphatic rings. The van der Waals surface area contributed by atoms with E-state index in [2.05, 4.69) is 29.3 Å². The van der Waals surface area contributed by atoms with Crippen LogP contribution in [0.3, 0.4) is 0 Å². The van der Waals surface area contributed by atoms with E-state index in [0.29, 0.717) is 45.5 Å². The molecule has 1 aromatic carbocycles. The van der Waals surface area contributed by atoms with Gasteiger partial charge in [-0.05, 0) is 76.9 Å². The zero-order valence-corrected chi connectivity index (χ0v) is 19.8. The van der Waals surface area contributed by atoms with Crippen LogP contribution in [0.15, 0.2) is 30.5 Å². The number of halogens is 2. The zero-order valence-electron chi connectivity index (χ0n) is 19.0. The van der Waals surface area contributed by atoms with Gasteiger partial charge < -0.3 is 15.3 Å². The van der Waals surface area contributed by atoms with Gasteiger partial charge in [0, 0.05) is 24.3 Å². The number of Topliss-reactive ketones (excluding diaryl/α,β-unsaturated/α-hetero) is 1. The highest BCUT2D eigenvalue weighted by molar-refractivity contribution is 6.32. The molecule has 1 saturated carbocycles. The maximum absolute atomic E-state index is 14.1. The van der Waals surface area contributed by atoms with Gasteiger partial charge in [0.25, 0.3) is 0 Å². The first kappa shape index (κ1) is 23.4. The van der Waals surface area contributed by atoms with Crippen LogP contribution in [0.2, 0.25) is 5.02 Å². The summed E-state index contributed by atoms with van der Waals surface area (Å²) in [5, 5.41) is 13.0. The van der Waals surface area contributed by atoms with Crippen LogP contribution in [0.1, 0.15) is 43.0 Å². The average Bonchev–Trinajstić information content (AvgIpc) is 2.80. The van der Waals surface area contributed by atoms with E-state index >= 15 is 0 Å². The number of anilines is 1. The third-order valence-corrected chi connectivity index (χ3v) is 6.81. The second-order valence-electron chi connectivity index (χ2n) is 8.97. The largest absolute Gasteiger partial charge is 0.504 e. The Labute approximate surface area is 197 Å². The summed E-state index contributed by atoms with van der Waals surface area (Å²) in [5.74, 6) is -0.999. The van der Waals surface area contributed by atoms with Gasteiger partial charge in [-0.25, -0.2) is 9.37 Å². The lowest BCUT2D eigenvalue weighted by atomic mass is 9.85. The maximum atomic E-state index is 14.1. The minimum atomic E-state index is -0.818. The Bertz CT molecular complexity index is 1170. The van der Waals surface area contributed by atoms with Crippen molar-refractivity contribution in [3.63, 3.8) is 0 Å². The first-order valence-electron chi connectivity index (χ1n) is 11.1. The molecule has 2 heterocycles. The number of fused-ring (bicyclic) bond motifs is 1. The topological polar surface area (TPSA) is 78.3 Å². The number of phenolic OH excluding ortho intramolecular Hbond substituents is 1. The van der Waals surface area contributed by atoms with Gasteiger partial charge in [0.1, 0.15) is 5.52 Å². The summed E-state index contributed by atoms with van der Waals surface area (Å²) in [6, 6.07) is 6.78. The minimum absolute atomic E-state index is 0.0887. The average molecular weight is 471 g/mol. The molecule has 0 spiro atoms. The van der Waals surface area contributed by atoms with E-state index in [1.807, 2.05) is 0 Å². The molecule has 0 atom stereocenters. The van der Waals surface area contributed by atoms with E-state index in [4.69, 9.17) is 16.6 Å². The highest BCUT2D eigenvalue weighted by atomic mass is 35.5. The van der Waals surface area contributed by atoms with Crippen molar-refractivity contribution in [2.24, 2.45) is 5.92 Å². The molecule has 1 fully saturated rings. The fourth-order valence-corrected chi connectivity index (χ4v) is 4.71. The Morgan fingerprint density at radius 1 is 1.24 bits per heavy atom. The number of carbonyl (C=O) groups is 1. The molecule has 3 aromatic rings. The molecule has 33 heavy (non-hydrogen) atoms. The van der Waals surface area contributed by atoms with Gasteiger partial charge >= 0.3 is 0 Å². The second-order valence-corrected chi connectivity index (χ2v) is 9.38. The SMILES string of the molecule is CC(=O)c1cnc2ccc(-c3cc(F)c(O)c(Cl)c3)nc2c1NC[C@H]1CC[C@H](N(C)C)CC1. The van der Waals surface area contributed by atoms with E-state index in [1.54, 1.807) is 18.3 Å². The lowest BCUT2D eigenvalue weighted by Gasteiger charge is -2.33. The molecule has 174 valence electrons. The number of phenols is 1. The van der Waals surface area contributed by atoms with E-state index in [-0.39, 0.29) is 10.8 Å². The molecular weight excluding hydrogens is 443 g/mol. The third-order valence-electron chi connectivity index (χ3n) is 6.52. The Morgan fingerprint density at radius 2 is 1.97 bits per heavy atom. The van der Waals surface area contributed by atoms with E-state index < -0.39 is 11.6 Å². The van der Waals surface area contributed by atoms with Crippen molar-refractivity contribution in [3.05, 3.63) is 46.9 Å². The molecule has 2 aromatic heterocycles. The lowest BCUT2D eigenvalue weighted by molar-refractivity contribution is 0.101. The predicted molar refractivity (Wildman–Crippen MR) is 130 cm³/mol. The van der Waals surface area contributed by atoms with Crippen molar-refractivity contribution in [2.75, 3.05) is 26.0 Å². The number of aromatic hydroxyl groups is 1. The summed E-state index contributed by atoms with van der Waals surface area (Å²) >= 11 is 5.96. The summed E-state index contributed by atoms with van der Waals surface area (Å²) in [5.41, 5.74) is 3.21. The lowest BCUT2D eigenvalue weighted by Crippen LogP contribution is -2.33. The van der Waals surface area contributed by atoms with Crippen LogP contribution in [0.4, 0.5) is 10.1 Å². The number of benzene rings is 1. The second kappa shape index (κ2) is 9.61. The summed E-state index contributed by atoms with van der Waals surface area (Å²) in [7, 11) is 4.25. The van der Waals surface area contributed by atoms with Crippen molar-refractivity contribution in [2.45, 2.75) is 38.6 Å². The van der Waals surface area contributed by atoms with Gasteiger partial charge in [-0.2, -0.15) is 0 Å². The van der Waals surface area contributed by atoms with Gasteiger partial charge in [-0.15, -0.1) is 0 Å². The van der Waals surface area contributed by atoms with Crippen molar-refractivity contribution < 1.29 is 14.3 Å². The molecular formula is C25H28ClFN4O2. The monoisotopic (exact) mass is 470 g/mol. The molecule has 8 heteroatoms. The Hall–Kier alpha value is -2.77. The number of hydrogen-bond donors (Lipinski definition) is 2. The van der Waals surface area contributed by atoms with Crippen molar-refractivity contribution in [1.29, 1.82) is 0 Å². The number of ketones is 1. The van der Waals surface area contributed by atoms with Crippen LogP contribution in [-0.4, -0.2) is 52.4 Å². The smallest absolute Gasteiger partial charge is 0.170 e. The van der Waals surface area contributed by atoms with E-state index in [0.717, 1.165) is 32.2 Å². The van der Waals surface area contributed by atoms with Crippen LogP contribution in [0.5, 0.6) is 5.75 Å². The van der Waals surface area contributed by atoms with Crippen LogP contribution < -0.4 is 5.32 Å². The quantitative estimate of drug-likeness (QED) is 0.461. The molecule has 0 saturated heterocycles. The van der Waals surface area contributed by atoms with Gasteiger partial charge in [-0.1, -0.05) is 11.6 Å². The fourth-order valence-electron chi connectivity index (χ4n) is 4.50. The summed E-state index contributed by atoms with van der Waals surface area (Å²) in [6.45, 7) is 2.25. The standard InChI is InChI=1S/C25H28ClFN4O2/c1-14(32)18-13-28-22-9-8-21(16-10-19(26)25(33)20(27)11-16)30-24(22)23(18)29-12-15-4-6-17(7-5-15)31(2)3/h8-11,13,15,17,33H,4-7,12H2,1-3H3,(H,28,29)/t15-,17-. The van der Waals surface area contributed by atoms with E-state index in [1.165, 1.54) is 19.1 Å². The molecule has 2 N–H and O–H groups in total. The number of nitrogens with zero attached hydrogens (tertiary/aromatic N) is 3. The molecule has 4 rings (SSSR count). The van der Waals surface area contributed by atoms with Gasteiger partial charge in [0.15, 0.2) is 17.3 Å². The zero-order chi connectivity index (χ0) is 23.7. The summed E-state index contributed by atoms with van der Waals surface area (Å²) in [6.07, 6.45) is 6.14. The molecule has 0 amide bonds. The van der Waals surface area contributed by atoms with Crippen molar-refractivity contribution in [1.82, 2.24) is 14.9 Å². The van der Waals surface area contributed by atoms with Crippen LogP contribution >= 0.6 is 11.6 Å². The molecule has 1 aliphatic carbocycles. The van der Waals surface area contributed by atoms with Crippen LogP contribution in [0.25, 0.3) is 22.3 Å². The molecule has 0 unspecified atom stereocenters. The van der Waals surface area contributed by atoms with Crippen LogP contribution in [-0.2, 0) is 0 Å². The van der Waals surface area contributed by atoms with Gasteiger partial charge in [0.05, 0.1) is 27.5 Å². The van der Waals surface area contributed by atoms with Gasteiger partial charge in [0.2, 0.25) is 0 Å². The summed E-state index contributed by atoms with van der Waals surface area (Å²) in [4.78, 5) is 23.8. The fraction of sp³-hybridized carbons (Fsp3) is 0.400. The minimum Gasteiger partial charge on any atom is -0.504 e. The number of nitrogens with one attached hydrogen (secondary N) is 1. The summed E-state index contributed by atoms with van der Waals surface area (Å²) < 4.78 is 14.1. The normalized spacial score (nSPS) is 18.6. The Kier molecular flexibility index (Phi) is 6.81.